The molecule has 0 aromatic rings. The van der Waals surface area contributed by atoms with Gasteiger partial charge in [-0.1, -0.05) is 0 Å². The molecule has 1 amide bonds. The van der Waals surface area contributed by atoms with Gasteiger partial charge in [-0.3, -0.25) is 0 Å². The third-order valence-electron chi connectivity index (χ3n) is 1.11. The molecule has 0 aromatic carbocycles. The number of amides is 1. The minimum absolute atomic E-state index is 0.126. The van der Waals surface area contributed by atoms with Crippen molar-refractivity contribution < 1.29 is 31.4 Å². The number of hydrogen-bond acceptors (Lipinski definition) is 4. The number of aliphatic hydroxyl groups is 1. The second kappa shape index (κ2) is 5.42. The summed E-state index contributed by atoms with van der Waals surface area (Å²) in [4.78, 5) is 21.7. The van der Waals surface area contributed by atoms with Gasteiger partial charge in [0.25, 0.3) is 0 Å². The van der Waals surface area contributed by atoms with Crippen molar-refractivity contribution in [2.24, 2.45) is 3.39 Å². The van der Waals surface area contributed by atoms with Crippen LogP contribution in [0.25, 0.3) is 0 Å². The fourth-order valence-electron chi connectivity index (χ4n) is 0.431. The van der Waals surface area contributed by atoms with Gasteiger partial charge in [0.1, 0.15) is 0 Å². The Balaban J connectivity index is 3.64. The molecule has 1 atom stereocenters. The molecule has 0 aliphatic heterocycles. The number of hydrogen-bond donors (Lipinski definition) is 1. The number of carbonyl (C=O) groups excluding carboxylic acids is 1. The molecule has 0 saturated heterocycles. The number of carbonyl (C=O) groups is 1. The normalized spacial score (nSPS) is 12.6. The quantitative estimate of drug-likeness (QED) is 0.329. The first-order valence-corrected chi connectivity index (χ1v) is 5.14. The Bertz CT molecular complexity index is 153. The average Bonchev–Trinajstić information content (AvgIpc) is 1.87. The predicted molar refractivity (Wildman–Crippen MR) is 35.1 cm³/mol. The fourth-order valence-corrected chi connectivity index (χ4v) is 1.46. The number of nitroso groups, excluding NO2 is 1. The molecule has 5 nitrogen and oxygen atoms in total. The van der Waals surface area contributed by atoms with E-state index in [4.69, 9.17) is 5.11 Å². The number of halogens is 1. The van der Waals surface area contributed by atoms with Crippen LogP contribution in [-0.4, -0.2) is 33.6 Å². The van der Waals surface area contributed by atoms with Crippen molar-refractivity contribution in [2.75, 3.05) is 13.6 Å². The van der Waals surface area contributed by atoms with E-state index in [9.17, 15) is 9.70 Å². The van der Waals surface area contributed by atoms with Gasteiger partial charge in [0.2, 0.25) is 0 Å². The average molecular weight is 273 g/mol. The summed E-state index contributed by atoms with van der Waals surface area (Å²) in [6.07, 6.45) is 0. The van der Waals surface area contributed by atoms with Crippen LogP contribution in [0.1, 0.15) is 6.92 Å². The fraction of sp³-hybridized carbons (Fsp3) is 0.800. The Hall–Kier alpha value is -0.240. The zero-order chi connectivity index (χ0) is 8.85. The van der Waals surface area contributed by atoms with Gasteiger partial charge in [-0.05, 0) is 0 Å². The van der Waals surface area contributed by atoms with Gasteiger partial charge in [0.15, 0.2) is 0 Å². The van der Waals surface area contributed by atoms with Gasteiger partial charge < -0.3 is 0 Å². The zero-order valence-corrected chi connectivity index (χ0v) is 8.48. The summed E-state index contributed by atoms with van der Waals surface area (Å²) in [7, 11) is 1.57. The molecule has 11 heavy (non-hydrogen) atoms. The maximum absolute atomic E-state index is 10.6. The van der Waals surface area contributed by atoms with Crippen molar-refractivity contribution in [3.8, 4) is 0 Å². The number of likely N-dealkylation sites (N-methyl/N-ethyl adjacent to an activating group) is 1. The molecule has 1 N–H and O–H groups in total. The summed E-state index contributed by atoms with van der Waals surface area (Å²) in [5.41, 5.74) is 0. The number of alkyl halides is 1. The molecule has 0 aromatic heterocycles. The Kier molecular flexibility index (Phi) is 5.30. The molecule has 0 rings (SSSR count). The van der Waals surface area contributed by atoms with E-state index in [0.29, 0.717) is 0 Å². The molecule has 6 heteroatoms. The second-order valence-electron chi connectivity index (χ2n) is 2.00. The molecule has 0 fully saturated rings. The van der Waals surface area contributed by atoms with E-state index in [1.807, 2.05) is 0 Å². The molecular weight excluding hydrogens is 263 g/mol. The summed E-state index contributed by atoms with van der Waals surface area (Å²) in [6.45, 7) is 1.60. The van der Waals surface area contributed by atoms with E-state index in [0.717, 1.165) is 0 Å². The Morgan fingerprint density at radius 2 is 2.36 bits per heavy atom. The number of aliphatic hydroxyl groups excluding tert-OH is 1. The molecule has 0 spiro atoms. The molecular formula is C5H10IN2O3-. The molecule has 0 radical (unpaired) electrons. The monoisotopic (exact) mass is 273 g/mol. The first-order valence-electron chi connectivity index (χ1n) is 2.93. The van der Waals surface area contributed by atoms with Crippen molar-refractivity contribution in [3.05, 3.63) is 4.91 Å². The van der Waals surface area contributed by atoms with Gasteiger partial charge in [-0.25, -0.2) is 0 Å². The first-order chi connectivity index (χ1) is 5.07. The standard InChI is InChI=1S/C5H10IN2O3/c1-4(9)8(2)3-5(10)6-7-11/h5,10H,3H2,1-2H3/q-1. The van der Waals surface area contributed by atoms with Crippen molar-refractivity contribution in [3.63, 3.8) is 0 Å². The van der Waals surface area contributed by atoms with Gasteiger partial charge >= 0.3 is 75.1 Å². The van der Waals surface area contributed by atoms with Crippen LogP contribution in [0.5, 0.6) is 0 Å². The van der Waals surface area contributed by atoms with Gasteiger partial charge in [-0.15, -0.1) is 0 Å². The minimum atomic E-state index is -1.06. The third-order valence-corrected chi connectivity index (χ3v) is 2.38. The van der Waals surface area contributed by atoms with Crippen molar-refractivity contribution >= 4 is 5.91 Å². The predicted octanol–water partition coefficient (Wildman–Crippen LogP) is -3.45. The van der Waals surface area contributed by atoms with Crippen molar-refractivity contribution in [2.45, 2.75) is 11.0 Å². The first kappa shape index (κ1) is 10.8. The van der Waals surface area contributed by atoms with E-state index in [1.165, 1.54) is 11.8 Å². The molecule has 0 aliphatic carbocycles. The van der Waals surface area contributed by atoms with Crippen LogP contribution in [0.15, 0.2) is 3.39 Å². The SMILES string of the molecule is CC(=O)N(C)CC(O)[I-]N=O. The molecule has 0 aliphatic rings. The molecule has 0 heterocycles. The van der Waals surface area contributed by atoms with E-state index in [2.05, 4.69) is 3.39 Å². The Labute approximate surface area is 75.4 Å². The molecule has 1 unspecified atom stereocenters. The van der Waals surface area contributed by atoms with Gasteiger partial charge in [0, 0.05) is 0 Å². The van der Waals surface area contributed by atoms with E-state index in [-0.39, 0.29) is 12.5 Å². The second-order valence-corrected chi connectivity index (χ2v) is 4.39. The molecule has 0 bridgehead atoms. The van der Waals surface area contributed by atoms with Crippen molar-refractivity contribution in [1.29, 1.82) is 0 Å². The molecule has 66 valence electrons. The summed E-state index contributed by atoms with van der Waals surface area (Å²) in [6, 6.07) is 0. The zero-order valence-electron chi connectivity index (χ0n) is 6.32. The maximum atomic E-state index is 10.6. The Morgan fingerprint density at radius 1 is 1.82 bits per heavy atom. The third kappa shape index (κ3) is 5.08. The van der Waals surface area contributed by atoms with Crippen LogP contribution in [-0.2, 0) is 4.79 Å². The topological polar surface area (TPSA) is 70.0 Å². The number of rotatable bonds is 4. The summed E-state index contributed by atoms with van der Waals surface area (Å²) < 4.78 is 1.88. The van der Waals surface area contributed by atoms with Crippen molar-refractivity contribution in [1.82, 2.24) is 4.90 Å². The van der Waals surface area contributed by atoms with E-state index >= 15 is 0 Å². The molecule has 0 saturated carbocycles. The van der Waals surface area contributed by atoms with E-state index < -0.39 is 25.6 Å². The van der Waals surface area contributed by atoms with Crippen LogP contribution in [0, 0.1) is 4.91 Å². The van der Waals surface area contributed by atoms with Crippen LogP contribution in [0.2, 0.25) is 0 Å². The van der Waals surface area contributed by atoms with Crippen LogP contribution in [0.3, 0.4) is 0 Å². The van der Waals surface area contributed by atoms with Gasteiger partial charge in [0.05, 0.1) is 0 Å². The summed E-state index contributed by atoms with van der Waals surface area (Å²) in [5, 5.41) is 9.03. The van der Waals surface area contributed by atoms with Crippen LogP contribution < -0.4 is 21.5 Å². The summed E-state index contributed by atoms with van der Waals surface area (Å²) in [5.74, 6) is -0.126. The Morgan fingerprint density at radius 3 is 2.73 bits per heavy atom. The summed E-state index contributed by atoms with van der Waals surface area (Å²) >= 11 is -1.06. The van der Waals surface area contributed by atoms with Crippen LogP contribution >= 0.6 is 0 Å². The van der Waals surface area contributed by atoms with Crippen LogP contribution in [0.4, 0.5) is 0 Å². The van der Waals surface area contributed by atoms with Gasteiger partial charge in [-0.2, -0.15) is 0 Å². The number of nitrogens with zero attached hydrogens (tertiary/aromatic N) is 2. The van der Waals surface area contributed by atoms with E-state index in [1.54, 1.807) is 7.05 Å².